The Morgan fingerprint density at radius 2 is 1.82 bits per heavy atom. The molecule has 0 radical (unpaired) electrons. The Kier molecular flexibility index (Phi) is 3.96. The van der Waals surface area contributed by atoms with Gasteiger partial charge < -0.3 is 15.9 Å². The van der Waals surface area contributed by atoms with E-state index in [1.165, 1.54) is 5.56 Å². The lowest BCUT2D eigenvalue weighted by Crippen LogP contribution is -2.35. The highest BCUT2D eigenvalue weighted by Gasteiger charge is 2.20. The molecule has 90 valence electrons. The molecule has 3 nitrogen and oxygen atoms in total. The molecular formula is C14H18N2O. The van der Waals surface area contributed by atoms with Crippen LogP contribution < -0.4 is 11.5 Å². The second-order valence-corrected chi connectivity index (χ2v) is 4.21. The summed E-state index contributed by atoms with van der Waals surface area (Å²) in [6.07, 6.45) is 2.47. The highest BCUT2D eigenvalue weighted by Crippen LogP contribution is 2.20. The highest BCUT2D eigenvalue weighted by molar-refractivity contribution is 5.18. The average molecular weight is 230 g/mol. The van der Waals surface area contributed by atoms with Gasteiger partial charge in [-0.1, -0.05) is 30.3 Å². The van der Waals surface area contributed by atoms with E-state index in [4.69, 9.17) is 15.9 Å². The van der Waals surface area contributed by atoms with Gasteiger partial charge in [-0.25, -0.2) is 0 Å². The molecule has 0 saturated heterocycles. The van der Waals surface area contributed by atoms with E-state index in [1.807, 2.05) is 30.3 Å². The van der Waals surface area contributed by atoms with Crippen LogP contribution in [0.5, 0.6) is 0 Å². The molecule has 1 aromatic carbocycles. The summed E-state index contributed by atoms with van der Waals surface area (Å²) < 4.78 is 5.39. The van der Waals surface area contributed by atoms with Crippen molar-refractivity contribution in [2.45, 2.75) is 18.4 Å². The van der Waals surface area contributed by atoms with Crippen LogP contribution in [0.2, 0.25) is 0 Å². The quantitative estimate of drug-likeness (QED) is 0.824. The van der Waals surface area contributed by atoms with Crippen molar-refractivity contribution in [2.75, 3.05) is 6.54 Å². The summed E-state index contributed by atoms with van der Waals surface area (Å²) >= 11 is 0. The molecule has 1 aromatic heterocycles. The van der Waals surface area contributed by atoms with Crippen LogP contribution >= 0.6 is 0 Å². The lowest BCUT2D eigenvalue weighted by Gasteiger charge is -2.20. The number of hydrogen-bond donors (Lipinski definition) is 2. The van der Waals surface area contributed by atoms with Gasteiger partial charge in [0.05, 0.1) is 6.26 Å². The van der Waals surface area contributed by atoms with E-state index in [0.29, 0.717) is 6.54 Å². The van der Waals surface area contributed by atoms with Gasteiger partial charge in [-0.05, 0) is 24.1 Å². The molecule has 4 N–H and O–H groups in total. The van der Waals surface area contributed by atoms with Crippen molar-refractivity contribution in [1.82, 2.24) is 0 Å². The van der Waals surface area contributed by atoms with Crippen LogP contribution in [-0.2, 0) is 6.42 Å². The zero-order chi connectivity index (χ0) is 12.1. The third kappa shape index (κ3) is 2.96. The molecule has 0 fully saturated rings. The lowest BCUT2D eigenvalue weighted by atomic mass is 9.92. The molecule has 0 aliphatic rings. The Bertz CT molecular complexity index is 425. The van der Waals surface area contributed by atoms with Crippen LogP contribution in [0.3, 0.4) is 0 Å². The molecule has 1 heterocycles. The Morgan fingerprint density at radius 3 is 2.41 bits per heavy atom. The second kappa shape index (κ2) is 5.66. The molecule has 0 saturated carbocycles. The van der Waals surface area contributed by atoms with E-state index in [0.717, 1.165) is 12.2 Å². The first kappa shape index (κ1) is 11.9. The van der Waals surface area contributed by atoms with Gasteiger partial charge in [0.2, 0.25) is 0 Å². The summed E-state index contributed by atoms with van der Waals surface area (Å²) in [4.78, 5) is 0. The van der Waals surface area contributed by atoms with Crippen LogP contribution in [0.25, 0.3) is 0 Å². The molecule has 2 atom stereocenters. The van der Waals surface area contributed by atoms with E-state index in [9.17, 15) is 0 Å². The molecule has 0 spiro atoms. The molecule has 0 bridgehead atoms. The van der Waals surface area contributed by atoms with Gasteiger partial charge >= 0.3 is 0 Å². The van der Waals surface area contributed by atoms with Crippen LogP contribution in [0.1, 0.15) is 17.2 Å². The van der Waals surface area contributed by atoms with E-state index in [2.05, 4.69) is 12.1 Å². The van der Waals surface area contributed by atoms with Gasteiger partial charge in [0.1, 0.15) is 5.76 Å². The number of nitrogens with two attached hydrogens (primary N) is 2. The third-order valence-corrected chi connectivity index (χ3v) is 2.99. The molecule has 2 aromatic rings. The minimum atomic E-state index is -0.0199. The fourth-order valence-corrected chi connectivity index (χ4v) is 2.03. The van der Waals surface area contributed by atoms with Crippen molar-refractivity contribution in [1.29, 1.82) is 0 Å². The molecule has 17 heavy (non-hydrogen) atoms. The fraction of sp³-hybridized carbons (Fsp3) is 0.286. The first-order chi connectivity index (χ1) is 8.31. The SMILES string of the molecule is NCC(c1ccco1)C(N)Cc1ccccc1. The third-order valence-electron chi connectivity index (χ3n) is 2.99. The second-order valence-electron chi connectivity index (χ2n) is 4.21. The standard InChI is InChI=1S/C14H18N2O/c15-10-12(14-7-4-8-17-14)13(16)9-11-5-2-1-3-6-11/h1-8,12-13H,9-10,15-16H2. The van der Waals surface area contributed by atoms with E-state index in [-0.39, 0.29) is 12.0 Å². The van der Waals surface area contributed by atoms with Crippen molar-refractivity contribution in [3.05, 3.63) is 60.1 Å². The van der Waals surface area contributed by atoms with Gasteiger partial charge in [0.15, 0.2) is 0 Å². The van der Waals surface area contributed by atoms with E-state index < -0.39 is 0 Å². The Hall–Kier alpha value is -1.58. The maximum absolute atomic E-state index is 6.21. The van der Waals surface area contributed by atoms with Gasteiger partial charge in [-0.2, -0.15) is 0 Å². The number of rotatable bonds is 5. The number of benzene rings is 1. The predicted molar refractivity (Wildman–Crippen MR) is 68.6 cm³/mol. The minimum absolute atomic E-state index is 0.0199. The summed E-state index contributed by atoms with van der Waals surface area (Å²) in [7, 11) is 0. The largest absolute Gasteiger partial charge is 0.469 e. The lowest BCUT2D eigenvalue weighted by molar-refractivity contribution is 0.418. The molecule has 0 aliphatic carbocycles. The van der Waals surface area contributed by atoms with Gasteiger partial charge in [0, 0.05) is 18.5 Å². The Labute approximate surface area is 101 Å². The smallest absolute Gasteiger partial charge is 0.109 e. The minimum Gasteiger partial charge on any atom is -0.469 e. The van der Waals surface area contributed by atoms with Crippen molar-refractivity contribution in [2.24, 2.45) is 11.5 Å². The summed E-state index contributed by atoms with van der Waals surface area (Å²) in [6, 6.07) is 14.0. The number of furan rings is 1. The van der Waals surface area contributed by atoms with Crippen molar-refractivity contribution < 1.29 is 4.42 Å². The van der Waals surface area contributed by atoms with Crippen LogP contribution in [-0.4, -0.2) is 12.6 Å². The fourth-order valence-electron chi connectivity index (χ4n) is 2.03. The maximum Gasteiger partial charge on any atom is 0.109 e. The van der Waals surface area contributed by atoms with Crippen molar-refractivity contribution in [3.8, 4) is 0 Å². The monoisotopic (exact) mass is 230 g/mol. The zero-order valence-corrected chi connectivity index (χ0v) is 9.75. The average Bonchev–Trinajstić information content (AvgIpc) is 2.85. The van der Waals surface area contributed by atoms with Crippen molar-refractivity contribution in [3.63, 3.8) is 0 Å². The Balaban J connectivity index is 2.06. The Morgan fingerprint density at radius 1 is 1.06 bits per heavy atom. The van der Waals surface area contributed by atoms with E-state index in [1.54, 1.807) is 6.26 Å². The summed E-state index contributed by atoms with van der Waals surface area (Å²) in [5.41, 5.74) is 13.2. The predicted octanol–water partition coefficient (Wildman–Crippen LogP) is 1.89. The topological polar surface area (TPSA) is 65.2 Å². The van der Waals surface area contributed by atoms with Crippen molar-refractivity contribution >= 4 is 0 Å². The first-order valence-corrected chi connectivity index (χ1v) is 5.84. The van der Waals surface area contributed by atoms with Gasteiger partial charge in [0.25, 0.3) is 0 Å². The molecule has 0 aliphatic heterocycles. The van der Waals surface area contributed by atoms with E-state index >= 15 is 0 Å². The van der Waals surface area contributed by atoms with Crippen LogP contribution in [0, 0.1) is 0 Å². The summed E-state index contributed by atoms with van der Waals surface area (Å²) in [6.45, 7) is 0.502. The molecular weight excluding hydrogens is 212 g/mol. The number of hydrogen-bond acceptors (Lipinski definition) is 3. The molecule has 2 unspecified atom stereocenters. The summed E-state index contributed by atoms with van der Waals surface area (Å²) in [5.74, 6) is 0.945. The molecule has 2 rings (SSSR count). The zero-order valence-electron chi connectivity index (χ0n) is 9.75. The van der Waals surface area contributed by atoms with Crippen LogP contribution in [0.15, 0.2) is 53.1 Å². The van der Waals surface area contributed by atoms with Crippen LogP contribution in [0.4, 0.5) is 0 Å². The maximum atomic E-state index is 6.21. The van der Waals surface area contributed by atoms with Gasteiger partial charge in [-0.15, -0.1) is 0 Å². The summed E-state index contributed by atoms with van der Waals surface area (Å²) in [5, 5.41) is 0. The van der Waals surface area contributed by atoms with Gasteiger partial charge in [-0.3, -0.25) is 0 Å². The molecule has 3 heteroatoms. The molecule has 0 amide bonds. The normalized spacial score (nSPS) is 14.5. The highest BCUT2D eigenvalue weighted by atomic mass is 16.3. The first-order valence-electron chi connectivity index (χ1n) is 5.84.